The van der Waals surface area contributed by atoms with Crippen molar-refractivity contribution in [2.24, 2.45) is 22.7 Å². The molecule has 2 N–H and O–H groups in total. The molecule has 4 aliphatic carbocycles. The maximum atomic E-state index is 16.3. The molecule has 0 aromatic rings. The van der Waals surface area contributed by atoms with E-state index in [1.165, 1.54) is 0 Å². The summed E-state index contributed by atoms with van der Waals surface area (Å²) >= 11 is 0. The van der Waals surface area contributed by atoms with Crippen LogP contribution in [0.5, 0.6) is 0 Å². The fourth-order valence-corrected chi connectivity index (χ4v) is 5.79. The molecule has 0 saturated heterocycles. The van der Waals surface area contributed by atoms with Crippen LogP contribution in [-0.4, -0.2) is 28.2 Å². The first kappa shape index (κ1) is 15.4. The van der Waals surface area contributed by atoms with Crippen LogP contribution in [0.2, 0.25) is 0 Å². The molecule has 23 heavy (non-hydrogen) atoms. The van der Waals surface area contributed by atoms with Gasteiger partial charge in [-0.25, -0.2) is 8.78 Å². The molecule has 0 aromatic heterocycles. The Kier molecular flexibility index (Phi) is 2.99. The first-order valence-electron chi connectivity index (χ1n) is 8.54. The topological polar surface area (TPSA) is 40.5 Å². The second-order valence-corrected chi connectivity index (χ2v) is 8.28. The second-order valence-electron chi connectivity index (χ2n) is 8.28. The molecule has 0 aromatic carbocycles. The van der Waals surface area contributed by atoms with Gasteiger partial charge in [0.05, 0.1) is 6.10 Å². The molecule has 2 nitrogen and oxygen atoms in total. The Morgan fingerprint density at radius 3 is 2.70 bits per heavy atom. The van der Waals surface area contributed by atoms with Gasteiger partial charge in [0, 0.05) is 11.3 Å². The van der Waals surface area contributed by atoms with Gasteiger partial charge in [0.2, 0.25) is 0 Å². The zero-order valence-corrected chi connectivity index (χ0v) is 13.6. The maximum absolute atomic E-state index is 16.3. The van der Waals surface area contributed by atoms with Crippen LogP contribution in [0, 0.1) is 22.7 Å². The van der Waals surface area contributed by atoms with Gasteiger partial charge in [0.15, 0.2) is 0 Å². The Morgan fingerprint density at radius 1 is 1.22 bits per heavy atom. The smallest absolute Gasteiger partial charge is 0.127 e. The van der Waals surface area contributed by atoms with Crippen LogP contribution in [0.3, 0.4) is 0 Å². The number of hydrogen-bond donors (Lipinski definition) is 2. The van der Waals surface area contributed by atoms with E-state index < -0.39 is 28.8 Å². The number of hydrogen-bond acceptors (Lipinski definition) is 2. The fourth-order valence-electron chi connectivity index (χ4n) is 5.79. The normalized spacial score (nSPS) is 54.7. The van der Waals surface area contributed by atoms with Crippen LogP contribution in [0.15, 0.2) is 35.6 Å². The molecule has 4 heteroatoms. The van der Waals surface area contributed by atoms with E-state index in [0.717, 1.165) is 5.57 Å². The largest absolute Gasteiger partial charge is 0.508 e. The third-order valence-corrected chi connectivity index (χ3v) is 7.39. The van der Waals surface area contributed by atoms with Crippen LogP contribution in [0.4, 0.5) is 8.78 Å². The Bertz CT molecular complexity index is 639. The Hall–Kier alpha value is -1.16. The van der Waals surface area contributed by atoms with Gasteiger partial charge < -0.3 is 10.2 Å². The first-order chi connectivity index (χ1) is 10.7. The monoisotopic (exact) mass is 322 g/mol. The summed E-state index contributed by atoms with van der Waals surface area (Å²) in [6, 6.07) is 0. The third kappa shape index (κ3) is 1.71. The van der Waals surface area contributed by atoms with E-state index in [4.69, 9.17) is 0 Å². The first-order valence-corrected chi connectivity index (χ1v) is 8.54. The fraction of sp³-hybridized carbons (Fsp3) is 0.684. The summed E-state index contributed by atoms with van der Waals surface area (Å²) in [5.41, 5.74) is -1.96. The van der Waals surface area contributed by atoms with Crippen molar-refractivity contribution in [1.82, 2.24) is 0 Å². The average molecular weight is 322 g/mol. The van der Waals surface area contributed by atoms with Crippen LogP contribution in [-0.2, 0) is 0 Å². The SMILES string of the molecule is C[C@]12C=CC(O)=CC1=CC[C@H]1[C@@H]3CC(F)C(O)[C@@]3(C)CC[C@]12F. The Morgan fingerprint density at radius 2 is 1.96 bits per heavy atom. The molecule has 0 amide bonds. The number of allylic oxidation sites excluding steroid dienone is 5. The van der Waals surface area contributed by atoms with E-state index in [9.17, 15) is 14.6 Å². The molecule has 2 saturated carbocycles. The highest BCUT2D eigenvalue weighted by molar-refractivity contribution is 5.46. The molecule has 4 rings (SSSR count). The van der Waals surface area contributed by atoms with Gasteiger partial charge in [0.25, 0.3) is 0 Å². The number of rotatable bonds is 0. The highest BCUT2D eigenvalue weighted by atomic mass is 19.1. The standard InChI is InChI=1S/C19H24F2O2/c1-17-7-8-19(21)13(14(17)10-15(20)16(17)23)4-3-11-9-12(22)5-6-18(11,19)2/h3,5-6,9,13-16,22-23H,4,7-8,10H2,1-2H3/t13-,14-,15?,16?,17-,18-,19-/m0/s1. The second kappa shape index (κ2) is 4.47. The number of aliphatic hydroxyl groups excluding tert-OH is 2. The van der Waals surface area contributed by atoms with Crippen LogP contribution >= 0.6 is 0 Å². The van der Waals surface area contributed by atoms with Crippen molar-refractivity contribution in [3.8, 4) is 0 Å². The molecule has 7 atom stereocenters. The van der Waals surface area contributed by atoms with Crippen molar-refractivity contribution in [1.29, 1.82) is 0 Å². The van der Waals surface area contributed by atoms with E-state index in [1.807, 2.05) is 19.9 Å². The highest BCUT2D eigenvalue weighted by Gasteiger charge is 2.67. The summed E-state index contributed by atoms with van der Waals surface area (Å²) in [5.74, 6) is -0.283. The lowest BCUT2D eigenvalue weighted by Gasteiger charge is -2.58. The van der Waals surface area contributed by atoms with Gasteiger partial charge in [-0.3, -0.25) is 0 Å². The lowest BCUT2D eigenvalue weighted by molar-refractivity contribution is -0.127. The van der Waals surface area contributed by atoms with Crippen LogP contribution in [0.1, 0.15) is 39.5 Å². The van der Waals surface area contributed by atoms with Gasteiger partial charge in [-0.05, 0) is 61.7 Å². The molecule has 0 bridgehead atoms. The Labute approximate surface area is 135 Å². The van der Waals surface area contributed by atoms with Gasteiger partial charge in [-0.15, -0.1) is 0 Å². The predicted octanol–water partition coefficient (Wildman–Crippen LogP) is 4.18. The number of alkyl halides is 2. The summed E-state index contributed by atoms with van der Waals surface area (Å²) in [6.45, 7) is 3.80. The van der Waals surface area contributed by atoms with E-state index in [-0.39, 0.29) is 24.0 Å². The molecule has 4 aliphatic rings. The van der Waals surface area contributed by atoms with Gasteiger partial charge in [-0.2, -0.15) is 0 Å². The summed E-state index contributed by atoms with van der Waals surface area (Å²) in [6.07, 6.45) is 6.34. The quantitative estimate of drug-likeness (QED) is 0.702. The molecular formula is C19H24F2O2. The molecule has 0 heterocycles. The van der Waals surface area contributed by atoms with Crippen molar-refractivity contribution >= 4 is 0 Å². The van der Waals surface area contributed by atoms with Crippen molar-refractivity contribution in [3.63, 3.8) is 0 Å². The molecule has 0 aliphatic heterocycles. The van der Waals surface area contributed by atoms with E-state index in [2.05, 4.69) is 0 Å². The van der Waals surface area contributed by atoms with Crippen molar-refractivity contribution in [2.45, 2.75) is 57.5 Å². The Balaban J connectivity index is 1.80. The summed E-state index contributed by atoms with van der Waals surface area (Å²) < 4.78 is 30.5. The molecule has 0 spiro atoms. The summed E-state index contributed by atoms with van der Waals surface area (Å²) in [7, 11) is 0. The molecular weight excluding hydrogens is 298 g/mol. The number of halogens is 2. The zero-order chi connectivity index (χ0) is 16.6. The number of aliphatic hydroxyl groups is 2. The predicted molar refractivity (Wildman–Crippen MR) is 84.3 cm³/mol. The average Bonchev–Trinajstić information content (AvgIpc) is 2.73. The number of fused-ring (bicyclic) bond motifs is 5. The van der Waals surface area contributed by atoms with Crippen molar-refractivity contribution < 1.29 is 19.0 Å². The minimum Gasteiger partial charge on any atom is -0.508 e. The summed E-state index contributed by atoms with van der Waals surface area (Å²) in [5, 5.41) is 20.0. The zero-order valence-electron chi connectivity index (χ0n) is 13.6. The third-order valence-electron chi connectivity index (χ3n) is 7.39. The van der Waals surface area contributed by atoms with Crippen LogP contribution in [0.25, 0.3) is 0 Å². The minimum atomic E-state index is -1.46. The van der Waals surface area contributed by atoms with Crippen LogP contribution < -0.4 is 0 Å². The van der Waals surface area contributed by atoms with Crippen molar-refractivity contribution in [3.05, 3.63) is 35.6 Å². The highest BCUT2D eigenvalue weighted by Crippen LogP contribution is 2.67. The van der Waals surface area contributed by atoms with E-state index >= 15 is 4.39 Å². The lowest BCUT2D eigenvalue weighted by Crippen LogP contribution is -2.59. The minimum absolute atomic E-state index is 0.145. The van der Waals surface area contributed by atoms with Gasteiger partial charge in [0.1, 0.15) is 17.6 Å². The molecule has 2 unspecified atom stereocenters. The molecule has 0 radical (unpaired) electrons. The molecule has 2 fully saturated rings. The van der Waals surface area contributed by atoms with Crippen molar-refractivity contribution in [2.75, 3.05) is 0 Å². The van der Waals surface area contributed by atoms with E-state index in [0.29, 0.717) is 19.3 Å². The van der Waals surface area contributed by atoms with E-state index in [1.54, 1.807) is 18.2 Å². The van der Waals surface area contributed by atoms with Gasteiger partial charge >= 0.3 is 0 Å². The van der Waals surface area contributed by atoms with Gasteiger partial charge in [-0.1, -0.05) is 19.1 Å². The lowest BCUT2D eigenvalue weighted by atomic mass is 9.48. The maximum Gasteiger partial charge on any atom is 0.127 e. The molecule has 126 valence electrons. The summed E-state index contributed by atoms with van der Waals surface area (Å²) in [4.78, 5) is 0.